The molecule has 3 heterocycles. The Hall–Kier alpha value is -4.06. The van der Waals surface area contributed by atoms with Crippen LogP contribution in [0.25, 0.3) is 22.7 Å². The standard InChI is InChI=1S/C28H29F3N6O3/c1-15(17-5-4-6-17)33-22-21-23(35-24(34-22)26(38)39)36-25(20-13-19(11-12-32-20)27(2,3)40)37(21)14-16-7-9-18(10-8-16)28(29,30)31/h7-13,15,17,40H,4-6,14H2,1-3H3,(H,38,39)(H,33,34,35)/t15-/m1/s1. The summed E-state index contributed by atoms with van der Waals surface area (Å²) in [5, 5.41) is 23.6. The molecule has 5 rings (SSSR count). The van der Waals surface area contributed by atoms with Gasteiger partial charge >= 0.3 is 12.1 Å². The highest BCUT2D eigenvalue weighted by molar-refractivity contribution is 5.92. The highest BCUT2D eigenvalue weighted by atomic mass is 19.4. The number of nitrogens with zero attached hydrogens (tertiary/aromatic N) is 5. The number of nitrogens with one attached hydrogen (secondary N) is 1. The fourth-order valence-corrected chi connectivity index (χ4v) is 4.77. The van der Waals surface area contributed by atoms with E-state index in [1.165, 1.54) is 18.3 Å². The van der Waals surface area contributed by atoms with Crippen LogP contribution in [0, 0.1) is 5.92 Å². The van der Waals surface area contributed by atoms with Crippen LogP contribution in [0.1, 0.15) is 67.3 Å². The molecule has 210 valence electrons. The summed E-state index contributed by atoms with van der Waals surface area (Å²) in [7, 11) is 0. The fraction of sp³-hybridized carbons (Fsp3) is 0.393. The van der Waals surface area contributed by atoms with Crippen LogP contribution in [-0.2, 0) is 18.3 Å². The maximum Gasteiger partial charge on any atom is 0.416 e. The topological polar surface area (TPSA) is 126 Å². The number of carboxylic acids is 1. The zero-order valence-electron chi connectivity index (χ0n) is 22.2. The lowest BCUT2D eigenvalue weighted by Crippen LogP contribution is -2.31. The molecule has 1 atom stereocenters. The molecular formula is C28H29F3N6O3. The number of anilines is 1. The summed E-state index contributed by atoms with van der Waals surface area (Å²) in [6.45, 7) is 5.35. The van der Waals surface area contributed by atoms with Gasteiger partial charge in [-0.3, -0.25) is 4.98 Å². The number of carboxylic acid groups (broad SMARTS) is 1. The van der Waals surface area contributed by atoms with Crippen molar-refractivity contribution in [3.8, 4) is 11.5 Å². The molecule has 3 N–H and O–H groups in total. The minimum Gasteiger partial charge on any atom is -0.475 e. The smallest absolute Gasteiger partial charge is 0.416 e. The van der Waals surface area contributed by atoms with Gasteiger partial charge in [-0.05, 0) is 74.9 Å². The lowest BCUT2D eigenvalue weighted by molar-refractivity contribution is -0.137. The summed E-state index contributed by atoms with van der Waals surface area (Å²) in [5.74, 6) is -0.778. The summed E-state index contributed by atoms with van der Waals surface area (Å²) in [5.41, 5.74) is 0.0578. The Kier molecular flexibility index (Phi) is 6.99. The normalized spacial score (nSPS) is 15.2. The molecule has 1 fully saturated rings. The molecule has 4 aromatic rings. The van der Waals surface area contributed by atoms with Crippen molar-refractivity contribution in [2.45, 2.75) is 64.4 Å². The van der Waals surface area contributed by atoms with Crippen LogP contribution >= 0.6 is 0 Å². The number of hydrogen-bond donors (Lipinski definition) is 3. The van der Waals surface area contributed by atoms with Crippen LogP contribution in [0.3, 0.4) is 0 Å². The van der Waals surface area contributed by atoms with Gasteiger partial charge in [0, 0.05) is 18.8 Å². The lowest BCUT2D eigenvalue weighted by atomic mass is 9.80. The number of fused-ring (bicyclic) bond motifs is 1. The maximum atomic E-state index is 13.2. The molecule has 1 saturated carbocycles. The van der Waals surface area contributed by atoms with Crippen LogP contribution < -0.4 is 5.32 Å². The number of halogens is 3. The zero-order valence-corrected chi connectivity index (χ0v) is 22.2. The number of rotatable bonds is 8. The molecule has 0 aliphatic heterocycles. The highest BCUT2D eigenvalue weighted by Crippen LogP contribution is 2.35. The van der Waals surface area contributed by atoms with Crippen LogP contribution in [0.15, 0.2) is 42.6 Å². The second-order valence-corrected chi connectivity index (χ2v) is 10.7. The molecule has 3 aromatic heterocycles. The van der Waals surface area contributed by atoms with Gasteiger partial charge in [0.15, 0.2) is 17.3 Å². The van der Waals surface area contributed by atoms with Crippen molar-refractivity contribution >= 4 is 23.0 Å². The fourth-order valence-electron chi connectivity index (χ4n) is 4.77. The van der Waals surface area contributed by atoms with E-state index in [-0.39, 0.29) is 24.1 Å². The molecule has 1 aromatic carbocycles. The van der Waals surface area contributed by atoms with E-state index >= 15 is 0 Å². The Morgan fingerprint density at radius 2 is 1.80 bits per heavy atom. The van der Waals surface area contributed by atoms with Gasteiger partial charge in [-0.2, -0.15) is 13.2 Å². The van der Waals surface area contributed by atoms with Crippen molar-refractivity contribution in [1.82, 2.24) is 24.5 Å². The minimum atomic E-state index is -4.47. The van der Waals surface area contributed by atoms with Crippen LogP contribution in [0.4, 0.5) is 19.0 Å². The first-order valence-electron chi connectivity index (χ1n) is 12.9. The molecule has 0 amide bonds. The maximum absolute atomic E-state index is 13.2. The van der Waals surface area contributed by atoms with E-state index in [0.717, 1.165) is 31.4 Å². The van der Waals surface area contributed by atoms with E-state index in [2.05, 4.69) is 25.3 Å². The van der Waals surface area contributed by atoms with Gasteiger partial charge in [0.2, 0.25) is 5.82 Å². The Labute approximate surface area is 228 Å². The molecule has 12 heteroatoms. The van der Waals surface area contributed by atoms with E-state index < -0.39 is 29.1 Å². The average Bonchev–Trinajstić information content (AvgIpc) is 3.20. The molecule has 1 aliphatic carbocycles. The van der Waals surface area contributed by atoms with Crippen molar-refractivity contribution in [2.75, 3.05) is 5.32 Å². The van der Waals surface area contributed by atoms with Gasteiger partial charge in [-0.15, -0.1) is 0 Å². The predicted octanol–water partition coefficient (Wildman–Crippen LogP) is 5.48. The first-order chi connectivity index (χ1) is 18.8. The van der Waals surface area contributed by atoms with Crippen molar-refractivity contribution in [2.24, 2.45) is 5.92 Å². The second-order valence-electron chi connectivity index (χ2n) is 10.7. The van der Waals surface area contributed by atoms with Crippen molar-refractivity contribution in [3.05, 3.63) is 65.1 Å². The number of alkyl halides is 3. The second kappa shape index (κ2) is 10.2. The number of imidazole rings is 1. The van der Waals surface area contributed by atoms with Gasteiger partial charge < -0.3 is 20.1 Å². The first kappa shape index (κ1) is 27.5. The predicted molar refractivity (Wildman–Crippen MR) is 142 cm³/mol. The molecule has 0 spiro atoms. The Morgan fingerprint density at radius 1 is 1.10 bits per heavy atom. The van der Waals surface area contributed by atoms with E-state index in [1.54, 1.807) is 30.5 Å². The molecule has 1 aliphatic rings. The average molecular weight is 555 g/mol. The zero-order chi connectivity index (χ0) is 28.8. The van der Waals surface area contributed by atoms with E-state index in [4.69, 9.17) is 0 Å². The Morgan fingerprint density at radius 3 is 2.38 bits per heavy atom. The quantitative estimate of drug-likeness (QED) is 0.261. The van der Waals surface area contributed by atoms with E-state index in [0.29, 0.717) is 34.1 Å². The third-order valence-corrected chi connectivity index (χ3v) is 7.33. The van der Waals surface area contributed by atoms with Gasteiger partial charge in [0.1, 0.15) is 11.2 Å². The van der Waals surface area contributed by atoms with Gasteiger partial charge in [0.05, 0.1) is 11.2 Å². The van der Waals surface area contributed by atoms with Crippen molar-refractivity contribution in [1.29, 1.82) is 0 Å². The summed E-state index contributed by atoms with van der Waals surface area (Å²) in [4.78, 5) is 29.4. The highest BCUT2D eigenvalue weighted by Gasteiger charge is 2.31. The molecule has 0 bridgehead atoms. The summed E-state index contributed by atoms with van der Waals surface area (Å²) < 4.78 is 41.3. The molecule has 40 heavy (non-hydrogen) atoms. The number of hydrogen-bond acceptors (Lipinski definition) is 7. The van der Waals surface area contributed by atoms with Gasteiger partial charge in [-0.25, -0.2) is 19.7 Å². The summed E-state index contributed by atoms with van der Waals surface area (Å²) >= 11 is 0. The van der Waals surface area contributed by atoms with Gasteiger partial charge in [-0.1, -0.05) is 18.6 Å². The number of aromatic nitrogens is 5. The van der Waals surface area contributed by atoms with Crippen molar-refractivity contribution in [3.63, 3.8) is 0 Å². The molecule has 0 saturated heterocycles. The van der Waals surface area contributed by atoms with Crippen LogP contribution in [0.2, 0.25) is 0 Å². The molecule has 0 radical (unpaired) electrons. The van der Waals surface area contributed by atoms with Crippen LogP contribution in [0.5, 0.6) is 0 Å². The summed E-state index contributed by atoms with van der Waals surface area (Å²) in [6.07, 6.45) is 0.255. The third-order valence-electron chi connectivity index (χ3n) is 7.33. The van der Waals surface area contributed by atoms with Crippen molar-refractivity contribution < 1.29 is 28.2 Å². The number of aromatic carboxylic acids is 1. The molecule has 0 unspecified atom stereocenters. The Bertz CT molecular complexity index is 1560. The largest absolute Gasteiger partial charge is 0.475 e. The number of pyridine rings is 1. The minimum absolute atomic E-state index is 0.0111. The Balaban J connectivity index is 1.70. The van der Waals surface area contributed by atoms with E-state index in [9.17, 15) is 28.2 Å². The monoisotopic (exact) mass is 554 g/mol. The van der Waals surface area contributed by atoms with Crippen LogP contribution in [-0.4, -0.2) is 46.7 Å². The van der Waals surface area contributed by atoms with Gasteiger partial charge in [0.25, 0.3) is 0 Å². The number of carbonyl (C=O) groups is 1. The third kappa shape index (κ3) is 5.48. The molecule has 9 nitrogen and oxygen atoms in total. The number of aliphatic hydroxyl groups is 1. The molecular weight excluding hydrogens is 525 g/mol. The number of benzene rings is 1. The first-order valence-corrected chi connectivity index (χ1v) is 12.9. The SMILES string of the molecule is C[C@@H](Nc1nc(C(=O)O)nc2nc(-c3cc(C(C)(C)O)ccn3)n(Cc3ccc(C(F)(F)F)cc3)c12)C1CCC1. The summed E-state index contributed by atoms with van der Waals surface area (Å²) in [6, 6.07) is 8.12. The lowest BCUT2D eigenvalue weighted by Gasteiger charge is -2.32. The van der Waals surface area contributed by atoms with E-state index in [1.807, 2.05) is 6.92 Å².